The summed E-state index contributed by atoms with van der Waals surface area (Å²) in [6.45, 7) is 9.36. The standard InChI is InChI=1S/C14H28N2O2/c1-2-14(17)12-15-6-3-7-16(9-8-15)13-4-10-18-11-5-13/h13-14,17H,2-12H2,1H3/t14-/m1/s1. The van der Waals surface area contributed by atoms with Crippen LogP contribution in [0.5, 0.6) is 0 Å². The summed E-state index contributed by atoms with van der Waals surface area (Å²) in [4.78, 5) is 5.06. The number of aliphatic hydroxyl groups excluding tert-OH is 1. The van der Waals surface area contributed by atoms with Crippen molar-refractivity contribution in [1.29, 1.82) is 0 Å². The van der Waals surface area contributed by atoms with Gasteiger partial charge in [-0.2, -0.15) is 0 Å². The maximum absolute atomic E-state index is 9.74. The predicted octanol–water partition coefficient (Wildman–Crippen LogP) is 0.944. The van der Waals surface area contributed by atoms with Crippen molar-refractivity contribution in [2.24, 2.45) is 0 Å². The van der Waals surface area contributed by atoms with Gasteiger partial charge in [0, 0.05) is 38.9 Å². The van der Waals surface area contributed by atoms with Gasteiger partial charge in [-0.25, -0.2) is 0 Å². The van der Waals surface area contributed by atoms with E-state index in [1.54, 1.807) is 0 Å². The summed E-state index contributed by atoms with van der Waals surface area (Å²) in [6, 6.07) is 0.731. The molecule has 0 aromatic carbocycles. The van der Waals surface area contributed by atoms with Gasteiger partial charge in [-0.05, 0) is 38.8 Å². The molecule has 1 N–H and O–H groups in total. The van der Waals surface area contributed by atoms with E-state index in [0.29, 0.717) is 0 Å². The number of rotatable bonds is 4. The third kappa shape index (κ3) is 4.19. The average molecular weight is 256 g/mol. The number of hydrogen-bond donors (Lipinski definition) is 1. The van der Waals surface area contributed by atoms with E-state index < -0.39 is 0 Å². The zero-order valence-electron chi connectivity index (χ0n) is 11.7. The number of nitrogens with zero attached hydrogens (tertiary/aromatic N) is 2. The molecule has 2 heterocycles. The molecule has 0 radical (unpaired) electrons. The first-order valence-corrected chi connectivity index (χ1v) is 7.51. The van der Waals surface area contributed by atoms with E-state index in [1.165, 1.54) is 25.8 Å². The molecule has 4 heteroatoms. The van der Waals surface area contributed by atoms with Crippen LogP contribution in [-0.2, 0) is 4.74 Å². The van der Waals surface area contributed by atoms with Crippen molar-refractivity contribution in [3.8, 4) is 0 Å². The quantitative estimate of drug-likeness (QED) is 0.812. The Morgan fingerprint density at radius 2 is 1.94 bits per heavy atom. The lowest BCUT2D eigenvalue weighted by molar-refractivity contribution is 0.0347. The number of β-amino-alcohol motifs (C(OH)–C–C–N with tert-alkyl or cyclic N) is 1. The molecule has 0 aromatic rings. The third-order valence-corrected chi connectivity index (χ3v) is 4.27. The second kappa shape index (κ2) is 7.43. The van der Waals surface area contributed by atoms with E-state index in [9.17, 15) is 5.11 Å². The summed E-state index contributed by atoms with van der Waals surface area (Å²) >= 11 is 0. The SMILES string of the molecule is CC[C@@H](O)CN1CCCN(C2CCOCC2)CC1. The van der Waals surface area contributed by atoms with E-state index >= 15 is 0 Å². The van der Waals surface area contributed by atoms with Gasteiger partial charge in [-0.1, -0.05) is 6.92 Å². The van der Waals surface area contributed by atoms with Gasteiger partial charge in [0.15, 0.2) is 0 Å². The molecule has 106 valence electrons. The van der Waals surface area contributed by atoms with E-state index in [1.807, 2.05) is 0 Å². The topological polar surface area (TPSA) is 35.9 Å². The fourth-order valence-corrected chi connectivity index (χ4v) is 3.02. The molecule has 0 amide bonds. The minimum Gasteiger partial charge on any atom is -0.392 e. The van der Waals surface area contributed by atoms with Gasteiger partial charge in [0.2, 0.25) is 0 Å². The van der Waals surface area contributed by atoms with Crippen molar-refractivity contribution in [2.45, 2.75) is 44.8 Å². The first-order chi connectivity index (χ1) is 8.79. The smallest absolute Gasteiger partial charge is 0.0664 e. The monoisotopic (exact) mass is 256 g/mol. The van der Waals surface area contributed by atoms with E-state index in [2.05, 4.69) is 16.7 Å². The Balaban J connectivity index is 1.76. The minimum atomic E-state index is -0.153. The molecular weight excluding hydrogens is 228 g/mol. The predicted molar refractivity (Wildman–Crippen MR) is 72.8 cm³/mol. The molecular formula is C14H28N2O2. The molecule has 2 rings (SSSR count). The van der Waals surface area contributed by atoms with E-state index in [-0.39, 0.29) is 6.10 Å². The van der Waals surface area contributed by atoms with Crippen LogP contribution in [0.15, 0.2) is 0 Å². The largest absolute Gasteiger partial charge is 0.392 e. The van der Waals surface area contributed by atoms with Crippen molar-refractivity contribution in [1.82, 2.24) is 9.80 Å². The zero-order valence-corrected chi connectivity index (χ0v) is 11.7. The lowest BCUT2D eigenvalue weighted by Gasteiger charge is -2.33. The van der Waals surface area contributed by atoms with Crippen molar-refractivity contribution in [3.05, 3.63) is 0 Å². The van der Waals surface area contributed by atoms with Gasteiger partial charge in [0.05, 0.1) is 6.10 Å². The molecule has 1 atom stereocenters. The molecule has 0 aromatic heterocycles. The highest BCUT2D eigenvalue weighted by atomic mass is 16.5. The highest BCUT2D eigenvalue weighted by molar-refractivity contribution is 4.79. The summed E-state index contributed by atoms with van der Waals surface area (Å²) in [6.07, 6.45) is 4.32. The van der Waals surface area contributed by atoms with Gasteiger partial charge in [-0.15, -0.1) is 0 Å². The zero-order chi connectivity index (χ0) is 12.8. The van der Waals surface area contributed by atoms with E-state index in [4.69, 9.17) is 4.74 Å². The van der Waals surface area contributed by atoms with Crippen LogP contribution in [0.2, 0.25) is 0 Å². The highest BCUT2D eigenvalue weighted by Crippen LogP contribution is 2.16. The Morgan fingerprint density at radius 3 is 2.67 bits per heavy atom. The Morgan fingerprint density at radius 1 is 1.17 bits per heavy atom. The summed E-state index contributed by atoms with van der Waals surface area (Å²) in [5, 5.41) is 9.74. The molecule has 0 spiro atoms. The molecule has 0 saturated carbocycles. The molecule has 2 aliphatic rings. The second-order valence-electron chi connectivity index (χ2n) is 5.60. The van der Waals surface area contributed by atoms with Crippen LogP contribution in [-0.4, -0.2) is 73.0 Å². The molecule has 0 aliphatic carbocycles. The van der Waals surface area contributed by atoms with E-state index in [0.717, 1.165) is 51.9 Å². The molecule has 4 nitrogen and oxygen atoms in total. The lowest BCUT2D eigenvalue weighted by atomic mass is 10.1. The average Bonchev–Trinajstić information content (AvgIpc) is 2.65. The number of ether oxygens (including phenoxy) is 1. The fourth-order valence-electron chi connectivity index (χ4n) is 3.02. The summed E-state index contributed by atoms with van der Waals surface area (Å²) in [5.41, 5.74) is 0. The van der Waals surface area contributed by atoms with Crippen LogP contribution in [0.3, 0.4) is 0 Å². The van der Waals surface area contributed by atoms with Crippen molar-refractivity contribution >= 4 is 0 Å². The second-order valence-corrected chi connectivity index (χ2v) is 5.60. The van der Waals surface area contributed by atoms with Crippen LogP contribution < -0.4 is 0 Å². The van der Waals surface area contributed by atoms with Crippen molar-refractivity contribution in [3.63, 3.8) is 0 Å². The maximum atomic E-state index is 9.74. The first kappa shape index (κ1) is 14.3. The third-order valence-electron chi connectivity index (χ3n) is 4.27. The Kier molecular flexibility index (Phi) is 5.89. The van der Waals surface area contributed by atoms with Gasteiger partial charge >= 0.3 is 0 Å². The summed E-state index contributed by atoms with van der Waals surface area (Å²) in [7, 11) is 0. The van der Waals surface area contributed by atoms with Crippen LogP contribution in [0.4, 0.5) is 0 Å². The minimum absolute atomic E-state index is 0.153. The molecule has 18 heavy (non-hydrogen) atoms. The normalized spacial score (nSPS) is 27.0. The molecule has 0 unspecified atom stereocenters. The first-order valence-electron chi connectivity index (χ1n) is 7.51. The van der Waals surface area contributed by atoms with Crippen molar-refractivity contribution < 1.29 is 9.84 Å². The Bertz CT molecular complexity index is 232. The molecule has 2 saturated heterocycles. The van der Waals surface area contributed by atoms with Crippen LogP contribution in [0.1, 0.15) is 32.6 Å². The number of hydrogen-bond acceptors (Lipinski definition) is 4. The lowest BCUT2D eigenvalue weighted by Crippen LogP contribution is -2.42. The van der Waals surface area contributed by atoms with Gasteiger partial charge in [-0.3, -0.25) is 9.80 Å². The molecule has 2 aliphatic heterocycles. The number of aliphatic hydroxyl groups is 1. The Labute approximate surface area is 111 Å². The van der Waals surface area contributed by atoms with Crippen molar-refractivity contribution in [2.75, 3.05) is 45.9 Å². The summed E-state index contributed by atoms with van der Waals surface area (Å²) < 4.78 is 5.44. The summed E-state index contributed by atoms with van der Waals surface area (Å²) in [5.74, 6) is 0. The van der Waals surface area contributed by atoms with Crippen LogP contribution >= 0.6 is 0 Å². The van der Waals surface area contributed by atoms with Gasteiger partial charge < -0.3 is 9.84 Å². The van der Waals surface area contributed by atoms with Gasteiger partial charge in [0.1, 0.15) is 0 Å². The Hall–Kier alpha value is -0.160. The fraction of sp³-hybridized carbons (Fsp3) is 1.00. The van der Waals surface area contributed by atoms with Crippen LogP contribution in [0, 0.1) is 0 Å². The van der Waals surface area contributed by atoms with Gasteiger partial charge in [0.25, 0.3) is 0 Å². The molecule has 0 bridgehead atoms. The molecule has 2 fully saturated rings. The maximum Gasteiger partial charge on any atom is 0.0664 e. The highest BCUT2D eigenvalue weighted by Gasteiger charge is 2.24. The van der Waals surface area contributed by atoms with Crippen LogP contribution in [0.25, 0.3) is 0 Å².